The van der Waals surface area contributed by atoms with Crippen molar-refractivity contribution in [1.29, 1.82) is 0 Å². The highest BCUT2D eigenvalue weighted by Gasteiger charge is 2.42. The van der Waals surface area contributed by atoms with Crippen LogP contribution in [0.1, 0.15) is 45.6 Å². The van der Waals surface area contributed by atoms with E-state index in [9.17, 15) is 13.2 Å². The van der Waals surface area contributed by atoms with E-state index in [1.165, 1.54) is 12.1 Å². The number of carbonyl (C=O) groups is 1. The number of hydrogen-bond donors (Lipinski definition) is 0. The number of rotatable bonds is 5. The van der Waals surface area contributed by atoms with Gasteiger partial charge in [-0.25, -0.2) is 0 Å². The summed E-state index contributed by atoms with van der Waals surface area (Å²) in [4.78, 5) is 12.3. The summed E-state index contributed by atoms with van der Waals surface area (Å²) in [6.07, 6.45) is -0.0874. The highest BCUT2D eigenvalue weighted by molar-refractivity contribution is 7.86. The van der Waals surface area contributed by atoms with Crippen LogP contribution in [0.15, 0.2) is 29.2 Å². The Morgan fingerprint density at radius 2 is 1.58 bits per heavy atom. The normalized spacial score (nSPS) is 22.5. The Hall–Kier alpha value is -1.02. The van der Waals surface area contributed by atoms with Gasteiger partial charge < -0.3 is 4.43 Å². The van der Waals surface area contributed by atoms with Crippen molar-refractivity contribution in [2.24, 2.45) is 0 Å². The Bertz CT molecular complexity index is 747. The van der Waals surface area contributed by atoms with Gasteiger partial charge in [-0.15, -0.1) is 0 Å². The van der Waals surface area contributed by atoms with Crippen molar-refractivity contribution in [2.75, 3.05) is 0 Å². The number of ketones is 1. The number of carbonyl (C=O) groups excluding carboxylic acids is 1. The van der Waals surface area contributed by atoms with Crippen LogP contribution in [0.4, 0.5) is 0 Å². The van der Waals surface area contributed by atoms with Crippen molar-refractivity contribution in [3.8, 4) is 0 Å². The monoisotopic (exact) mass is 398 g/mol. The fraction of sp³-hybridized carbons (Fsp3) is 0.632. The molecular formula is C19H30O5SSi. The number of hydrogen-bond acceptors (Lipinski definition) is 5. The van der Waals surface area contributed by atoms with E-state index in [1.54, 1.807) is 12.1 Å². The zero-order chi connectivity index (χ0) is 19.8. The van der Waals surface area contributed by atoms with Gasteiger partial charge in [0, 0.05) is 19.3 Å². The molecule has 2 rings (SSSR count). The molecule has 26 heavy (non-hydrogen) atoms. The van der Waals surface area contributed by atoms with Gasteiger partial charge in [-0.2, -0.15) is 8.42 Å². The molecule has 2 unspecified atom stereocenters. The molecule has 146 valence electrons. The van der Waals surface area contributed by atoms with Crippen LogP contribution in [-0.4, -0.2) is 34.7 Å². The van der Waals surface area contributed by atoms with Crippen molar-refractivity contribution in [1.82, 2.24) is 0 Å². The predicted octanol–water partition coefficient (Wildman–Crippen LogP) is 4.21. The minimum atomic E-state index is -3.89. The minimum absolute atomic E-state index is 0.0101. The van der Waals surface area contributed by atoms with Crippen LogP contribution in [0.2, 0.25) is 18.1 Å². The first-order valence-corrected chi connectivity index (χ1v) is 13.3. The fourth-order valence-electron chi connectivity index (χ4n) is 2.75. The Morgan fingerprint density at radius 1 is 1.04 bits per heavy atom. The molecule has 1 saturated carbocycles. The van der Waals surface area contributed by atoms with Crippen molar-refractivity contribution >= 4 is 24.2 Å². The summed E-state index contributed by atoms with van der Waals surface area (Å²) >= 11 is 0. The second kappa shape index (κ2) is 7.54. The summed E-state index contributed by atoms with van der Waals surface area (Å²) in [5, 5.41) is 0.0256. The summed E-state index contributed by atoms with van der Waals surface area (Å²) in [7, 11) is -5.93. The molecule has 0 bridgehead atoms. The third-order valence-corrected chi connectivity index (χ3v) is 11.2. The van der Waals surface area contributed by atoms with E-state index in [-0.39, 0.29) is 28.2 Å². The first-order chi connectivity index (χ1) is 11.8. The van der Waals surface area contributed by atoms with Crippen LogP contribution in [0, 0.1) is 6.92 Å². The molecule has 0 amide bonds. The SMILES string of the molecule is Cc1ccc(S(=O)(=O)OC2CC(=O)CC(O[Si](C)(C)C(C)(C)C)C2)cc1. The maximum atomic E-state index is 12.5. The van der Waals surface area contributed by atoms with Gasteiger partial charge in [-0.05, 0) is 37.2 Å². The lowest BCUT2D eigenvalue weighted by molar-refractivity contribution is -0.125. The number of Topliss-reactive ketones (excluding diaryl/α,β-unsaturated/α-hetero) is 1. The largest absolute Gasteiger partial charge is 0.413 e. The van der Waals surface area contributed by atoms with Crippen LogP contribution in [-0.2, 0) is 23.5 Å². The Kier molecular flexibility index (Phi) is 6.17. The molecule has 0 radical (unpaired) electrons. The second-order valence-electron chi connectivity index (χ2n) is 8.67. The van der Waals surface area contributed by atoms with E-state index < -0.39 is 24.5 Å². The third kappa shape index (κ3) is 5.25. The molecule has 2 atom stereocenters. The summed E-state index contributed by atoms with van der Waals surface area (Å²) in [5.74, 6) is -0.0101. The van der Waals surface area contributed by atoms with E-state index in [0.717, 1.165) is 5.56 Å². The quantitative estimate of drug-likeness (QED) is 0.549. The third-order valence-electron chi connectivity index (χ3n) is 5.28. The highest BCUT2D eigenvalue weighted by atomic mass is 32.2. The Balaban J connectivity index is 2.10. The number of aryl methyl sites for hydroxylation is 1. The minimum Gasteiger partial charge on any atom is -0.413 e. The van der Waals surface area contributed by atoms with Crippen LogP contribution in [0.3, 0.4) is 0 Å². The average molecular weight is 399 g/mol. The van der Waals surface area contributed by atoms with Gasteiger partial charge in [-0.3, -0.25) is 8.98 Å². The molecule has 1 aliphatic carbocycles. The molecule has 1 fully saturated rings. The molecule has 1 aliphatic rings. The standard InChI is InChI=1S/C19H30O5SSi/c1-14-7-9-18(10-8-14)25(21,22)23-16-11-15(20)12-17(13-16)24-26(5,6)19(2,3)4/h7-10,16-17H,11-13H2,1-6H3. The topological polar surface area (TPSA) is 69.7 Å². The lowest BCUT2D eigenvalue weighted by Gasteiger charge is -2.41. The van der Waals surface area contributed by atoms with Crippen molar-refractivity contribution in [3.05, 3.63) is 29.8 Å². The summed E-state index contributed by atoms with van der Waals surface area (Å²) in [6.45, 7) is 12.6. The molecule has 0 heterocycles. The van der Waals surface area contributed by atoms with Crippen molar-refractivity contribution in [2.45, 2.75) is 82.2 Å². The predicted molar refractivity (Wildman–Crippen MR) is 104 cm³/mol. The second-order valence-corrected chi connectivity index (χ2v) is 15.0. The summed E-state index contributed by atoms with van der Waals surface area (Å²) in [6, 6.07) is 6.51. The molecule has 1 aromatic rings. The van der Waals surface area contributed by atoms with E-state index in [1.807, 2.05) is 6.92 Å². The molecular weight excluding hydrogens is 368 g/mol. The maximum Gasteiger partial charge on any atom is 0.297 e. The Morgan fingerprint density at radius 3 is 2.12 bits per heavy atom. The summed E-state index contributed by atoms with van der Waals surface area (Å²) < 4.78 is 36.7. The first kappa shape index (κ1) is 21.3. The zero-order valence-corrected chi connectivity index (χ0v) is 18.4. The lowest BCUT2D eigenvalue weighted by Crippen LogP contribution is -2.47. The zero-order valence-electron chi connectivity index (χ0n) is 16.5. The molecule has 0 aromatic heterocycles. The van der Waals surface area contributed by atoms with Crippen LogP contribution < -0.4 is 0 Å². The number of benzene rings is 1. The van der Waals surface area contributed by atoms with Crippen LogP contribution in [0.5, 0.6) is 0 Å². The van der Waals surface area contributed by atoms with Crippen molar-refractivity contribution < 1.29 is 21.8 Å². The molecule has 0 N–H and O–H groups in total. The van der Waals surface area contributed by atoms with E-state index in [2.05, 4.69) is 33.9 Å². The summed E-state index contributed by atoms with van der Waals surface area (Å²) in [5.41, 5.74) is 0.972. The maximum absolute atomic E-state index is 12.5. The van der Waals surface area contributed by atoms with Gasteiger partial charge in [0.05, 0.1) is 17.1 Å². The molecule has 1 aromatic carbocycles. The molecule has 0 spiro atoms. The van der Waals surface area contributed by atoms with Gasteiger partial charge in [-0.1, -0.05) is 38.5 Å². The van der Waals surface area contributed by atoms with Gasteiger partial charge in [0.25, 0.3) is 10.1 Å². The average Bonchev–Trinajstić information content (AvgIpc) is 2.44. The lowest BCUT2D eigenvalue weighted by atomic mass is 9.94. The van der Waals surface area contributed by atoms with Gasteiger partial charge in [0.1, 0.15) is 5.78 Å². The van der Waals surface area contributed by atoms with Crippen molar-refractivity contribution in [3.63, 3.8) is 0 Å². The van der Waals surface area contributed by atoms with Crippen LogP contribution in [0.25, 0.3) is 0 Å². The van der Waals surface area contributed by atoms with Crippen LogP contribution >= 0.6 is 0 Å². The van der Waals surface area contributed by atoms with Gasteiger partial charge in [0.2, 0.25) is 0 Å². The smallest absolute Gasteiger partial charge is 0.297 e. The van der Waals surface area contributed by atoms with E-state index in [4.69, 9.17) is 8.61 Å². The molecule has 0 aliphatic heterocycles. The molecule has 0 saturated heterocycles. The van der Waals surface area contributed by atoms with Gasteiger partial charge >= 0.3 is 0 Å². The highest BCUT2D eigenvalue weighted by Crippen LogP contribution is 2.39. The molecule has 7 heteroatoms. The fourth-order valence-corrected chi connectivity index (χ4v) is 5.20. The first-order valence-electron chi connectivity index (χ1n) is 9.00. The molecule has 5 nitrogen and oxygen atoms in total. The van der Waals surface area contributed by atoms with E-state index in [0.29, 0.717) is 12.8 Å². The Labute approximate surface area is 158 Å². The van der Waals surface area contributed by atoms with E-state index >= 15 is 0 Å². The van der Waals surface area contributed by atoms with Gasteiger partial charge in [0.15, 0.2) is 8.32 Å².